The number of nitrogens with zero attached hydrogens (tertiary/aromatic N) is 2. The molecular weight excluding hydrogens is 282 g/mol. The van der Waals surface area contributed by atoms with E-state index in [9.17, 15) is 9.59 Å². The van der Waals surface area contributed by atoms with Crippen molar-refractivity contribution in [2.24, 2.45) is 7.05 Å². The van der Waals surface area contributed by atoms with Crippen molar-refractivity contribution in [2.45, 2.75) is 19.8 Å². The Morgan fingerprint density at radius 1 is 1.18 bits per heavy atom. The average Bonchev–Trinajstić information content (AvgIpc) is 3.09. The summed E-state index contributed by atoms with van der Waals surface area (Å²) in [4.78, 5) is 26.2. The molecule has 22 heavy (non-hydrogen) atoms. The van der Waals surface area contributed by atoms with E-state index >= 15 is 0 Å². The van der Waals surface area contributed by atoms with E-state index in [2.05, 4.69) is 10.2 Å². The van der Waals surface area contributed by atoms with Crippen LogP contribution in [-0.2, 0) is 7.05 Å². The molecule has 116 valence electrons. The predicted molar refractivity (Wildman–Crippen MR) is 84.5 cm³/mol. The number of anilines is 2. The van der Waals surface area contributed by atoms with Crippen LogP contribution in [0.2, 0.25) is 0 Å². The molecule has 0 aliphatic carbocycles. The van der Waals surface area contributed by atoms with Crippen molar-refractivity contribution < 1.29 is 9.32 Å². The summed E-state index contributed by atoms with van der Waals surface area (Å²) in [5.74, 6) is -0.444. The lowest BCUT2D eigenvalue weighted by molar-refractivity contribution is 0.102. The maximum atomic E-state index is 12.2. The van der Waals surface area contributed by atoms with E-state index < -0.39 is 11.5 Å². The highest BCUT2D eigenvalue weighted by molar-refractivity contribution is 6.04. The summed E-state index contributed by atoms with van der Waals surface area (Å²) in [5, 5.41) is 2.74. The Kier molecular flexibility index (Phi) is 3.75. The van der Waals surface area contributed by atoms with Gasteiger partial charge in [-0.05, 0) is 44.0 Å². The molecule has 1 N–H and O–H groups in total. The molecule has 0 radical (unpaired) electrons. The monoisotopic (exact) mass is 301 g/mol. The number of amides is 1. The average molecular weight is 301 g/mol. The smallest absolute Gasteiger partial charge is 0.370 e. The van der Waals surface area contributed by atoms with Gasteiger partial charge in [-0.25, -0.2) is 9.53 Å². The number of benzene rings is 1. The normalized spacial score (nSPS) is 14.4. The van der Waals surface area contributed by atoms with Crippen LogP contribution in [0.15, 0.2) is 33.6 Å². The largest absolute Gasteiger partial charge is 0.372 e. The minimum absolute atomic E-state index is 0.0473. The third kappa shape index (κ3) is 2.64. The first kappa shape index (κ1) is 14.4. The van der Waals surface area contributed by atoms with Crippen LogP contribution in [0.3, 0.4) is 0 Å². The van der Waals surface area contributed by atoms with Crippen molar-refractivity contribution in [1.82, 2.24) is 4.74 Å². The summed E-state index contributed by atoms with van der Waals surface area (Å²) < 4.78 is 6.18. The van der Waals surface area contributed by atoms with Gasteiger partial charge in [0.2, 0.25) is 0 Å². The lowest BCUT2D eigenvalue weighted by Gasteiger charge is -2.17. The van der Waals surface area contributed by atoms with E-state index in [-0.39, 0.29) is 5.56 Å². The third-order valence-corrected chi connectivity index (χ3v) is 4.08. The molecule has 3 rings (SSSR count). The molecule has 6 heteroatoms. The molecule has 6 nitrogen and oxygen atoms in total. The van der Waals surface area contributed by atoms with Crippen LogP contribution in [0.25, 0.3) is 0 Å². The molecule has 1 aliphatic heterocycles. The molecular formula is C16H19N3O3. The van der Waals surface area contributed by atoms with Gasteiger partial charge < -0.3 is 14.7 Å². The lowest BCUT2D eigenvalue weighted by atomic mass is 10.2. The van der Waals surface area contributed by atoms with Gasteiger partial charge in [-0.2, -0.15) is 0 Å². The summed E-state index contributed by atoms with van der Waals surface area (Å²) >= 11 is 0. The first-order chi connectivity index (χ1) is 10.6. The van der Waals surface area contributed by atoms with Crippen LogP contribution in [0.1, 0.15) is 28.9 Å². The lowest BCUT2D eigenvalue weighted by Crippen LogP contribution is -2.20. The summed E-state index contributed by atoms with van der Waals surface area (Å²) in [7, 11) is 1.60. The first-order valence-electron chi connectivity index (χ1n) is 7.39. The van der Waals surface area contributed by atoms with Gasteiger partial charge in [0.25, 0.3) is 5.91 Å². The van der Waals surface area contributed by atoms with Crippen molar-refractivity contribution in [2.75, 3.05) is 23.3 Å². The van der Waals surface area contributed by atoms with Gasteiger partial charge in [0.1, 0.15) is 5.56 Å². The Morgan fingerprint density at radius 2 is 1.82 bits per heavy atom. The van der Waals surface area contributed by atoms with E-state index in [4.69, 9.17) is 4.52 Å². The fourth-order valence-electron chi connectivity index (χ4n) is 2.73. The molecule has 1 fully saturated rings. The van der Waals surface area contributed by atoms with Crippen LogP contribution in [-0.4, -0.2) is 23.7 Å². The van der Waals surface area contributed by atoms with Crippen LogP contribution in [0.4, 0.5) is 11.4 Å². The summed E-state index contributed by atoms with van der Waals surface area (Å²) in [6.45, 7) is 3.84. The number of rotatable bonds is 3. The Balaban J connectivity index is 1.75. The molecule has 0 atom stereocenters. The molecule has 2 heterocycles. The molecule has 0 unspecified atom stereocenters. The van der Waals surface area contributed by atoms with Crippen LogP contribution in [0, 0.1) is 6.92 Å². The highest BCUT2D eigenvalue weighted by Gasteiger charge is 2.19. The molecule has 1 aromatic heterocycles. The Morgan fingerprint density at radius 3 is 2.36 bits per heavy atom. The van der Waals surface area contributed by atoms with Crippen molar-refractivity contribution >= 4 is 17.3 Å². The summed E-state index contributed by atoms with van der Waals surface area (Å²) in [6.07, 6.45) is 2.45. The second kappa shape index (κ2) is 5.71. The Hall–Kier alpha value is -2.50. The molecule has 1 saturated heterocycles. The minimum atomic E-state index is -0.619. The van der Waals surface area contributed by atoms with Crippen molar-refractivity contribution in [3.63, 3.8) is 0 Å². The van der Waals surface area contributed by atoms with Crippen molar-refractivity contribution in [3.05, 3.63) is 45.9 Å². The molecule has 1 amide bonds. The zero-order valence-electron chi connectivity index (χ0n) is 12.8. The van der Waals surface area contributed by atoms with Gasteiger partial charge in [-0.3, -0.25) is 4.79 Å². The molecule has 0 saturated carbocycles. The number of hydrogen-bond donors (Lipinski definition) is 1. The third-order valence-electron chi connectivity index (χ3n) is 4.08. The maximum Gasteiger partial charge on any atom is 0.370 e. The fourth-order valence-corrected chi connectivity index (χ4v) is 2.73. The topological polar surface area (TPSA) is 67.5 Å². The molecule has 1 aliphatic rings. The first-order valence-corrected chi connectivity index (χ1v) is 7.39. The van der Waals surface area contributed by atoms with Gasteiger partial charge in [0.05, 0.1) is 5.69 Å². The van der Waals surface area contributed by atoms with Crippen molar-refractivity contribution in [3.8, 4) is 0 Å². The van der Waals surface area contributed by atoms with E-state index in [0.29, 0.717) is 11.4 Å². The zero-order valence-corrected chi connectivity index (χ0v) is 12.8. The number of carbonyl (C=O) groups is 1. The highest BCUT2D eigenvalue weighted by atomic mass is 16.5. The number of aryl methyl sites for hydroxylation is 1. The van der Waals surface area contributed by atoms with Crippen LogP contribution < -0.4 is 15.8 Å². The standard InChI is InChI=1S/C16H19N3O3/c1-11-14(16(21)22-18(11)2)15(20)17-12-5-7-13(8-6-12)19-9-3-4-10-19/h5-8H,3-4,9-10H2,1-2H3,(H,17,20). The van der Waals surface area contributed by atoms with Gasteiger partial charge in [0.15, 0.2) is 0 Å². The van der Waals surface area contributed by atoms with E-state index in [1.165, 1.54) is 17.6 Å². The summed E-state index contributed by atoms with van der Waals surface area (Å²) in [6, 6.07) is 7.68. The van der Waals surface area contributed by atoms with E-state index in [1.807, 2.05) is 24.3 Å². The van der Waals surface area contributed by atoms with Gasteiger partial charge in [0, 0.05) is 31.5 Å². The van der Waals surface area contributed by atoms with E-state index in [1.54, 1.807) is 14.0 Å². The molecule has 0 spiro atoms. The van der Waals surface area contributed by atoms with Crippen LogP contribution in [0.5, 0.6) is 0 Å². The predicted octanol–water partition coefficient (Wildman–Crippen LogP) is 2.14. The van der Waals surface area contributed by atoms with Gasteiger partial charge in [-0.15, -0.1) is 0 Å². The zero-order chi connectivity index (χ0) is 15.7. The molecule has 0 bridgehead atoms. The highest BCUT2D eigenvalue weighted by Crippen LogP contribution is 2.22. The number of carbonyl (C=O) groups excluding carboxylic acids is 1. The Labute approximate surface area is 128 Å². The molecule has 2 aromatic rings. The number of nitrogens with one attached hydrogen (secondary N) is 1. The van der Waals surface area contributed by atoms with E-state index in [0.717, 1.165) is 18.8 Å². The minimum Gasteiger partial charge on any atom is -0.372 e. The molecule has 1 aromatic carbocycles. The summed E-state index contributed by atoms with van der Waals surface area (Å²) in [5.41, 5.74) is 1.76. The SMILES string of the molecule is Cc1c(C(=O)Nc2ccc(N3CCCC3)cc2)c(=O)on1C. The number of aromatic nitrogens is 1. The Bertz CT molecular complexity index is 737. The quantitative estimate of drug-likeness (QED) is 0.943. The second-order valence-electron chi connectivity index (χ2n) is 5.53. The van der Waals surface area contributed by atoms with Crippen LogP contribution >= 0.6 is 0 Å². The second-order valence-corrected chi connectivity index (χ2v) is 5.53. The fraction of sp³-hybridized carbons (Fsp3) is 0.375. The number of hydrogen-bond acceptors (Lipinski definition) is 4. The van der Waals surface area contributed by atoms with Gasteiger partial charge >= 0.3 is 5.63 Å². The van der Waals surface area contributed by atoms with Crippen molar-refractivity contribution in [1.29, 1.82) is 0 Å². The van der Waals surface area contributed by atoms with Gasteiger partial charge in [-0.1, -0.05) is 0 Å². The maximum absolute atomic E-state index is 12.2.